The molecular formula is C17H23FO3. The van der Waals surface area contributed by atoms with Gasteiger partial charge < -0.3 is 9.84 Å². The molecule has 1 aliphatic carbocycles. The average Bonchev–Trinajstić information content (AvgIpc) is 2.40. The zero-order valence-corrected chi connectivity index (χ0v) is 12.9. The monoisotopic (exact) mass is 294 g/mol. The Morgan fingerprint density at radius 1 is 1.48 bits per heavy atom. The molecular weight excluding hydrogens is 271 g/mol. The SMILES string of the molecule is COc1cccc(CC2CC(C)(C)CCC2C(=O)O)c1F. The zero-order valence-electron chi connectivity index (χ0n) is 12.9. The topological polar surface area (TPSA) is 46.5 Å². The molecule has 0 bridgehead atoms. The summed E-state index contributed by atoms with van der Waals surface area (Å²) < 4.78 is 19.3. The fraction of sp³-hybridized carbons (Fsp3) is 0.588. The molecule has 2 atom stereocenters. The van der Waals surface area contributed by atoms with E-state index in [0.717, 1.165) is 12.8 Å². The maximum atomic E-state index is 14.3. The van der Waals surface area contributed by atoms with Crippen molar-refractivity contribution in [3.05, 3.63) is 29.6 Å². The molecule has 0 saturated heterocycles. The van der Waals surface area contributed by atoms with Gasteiger partial charge in [0.15, 0.2) is 11.6 Å². The summed E-state index contributed by atoms with van der Waals surface area (Å²) in [5.41, 5.74) is 0.662. The molecule has 2 rings (SSSR count). The zero-order chi connectivity index (χ0) is 15.6. The normalized spacial score (nSPS) is 24.6. The molecule has 1 fully saturated rings. The lowest BCUT2D eigenvalue weighted by atomic mass is 9.65. The fourth-order valence-electron chi connectivity index (χ4n) is 3.43. The second-order valence-corrected chi connectivity index (χ2v) is 6.75. The largest absolute Gasteiger partial charge is 0.494 e. The van der Waals surface area contributed by atoms with Crippen LogP contribution < -0.4 is 4.74 Å². The molecule has 1 aromatic rings. The lowest BCUT2D eigenvalue weighted by Crippen LogP contribution is -2.35. The summed E-state index contributed by atoms with van der Waals surface area (Å²) in [5.74, 6) is -1.34. The van der Waals surface area contributed by atoms with E-state index in [1.165, 1.54) is 7.11 Å². The maximum Gasteiger partial charge on any atom is 0.306 e. The van der Waals surface area contributed by atoms with E-state index in [9.17, 15) is 14.3 Å². The molecule has 116 valence electrons. The molecule has 0 spiro atoms. The standard InChI is InChI=1S/C17H23FO3/c1-17(2)8-7-13(16(19)20)12(10-17)9-11-5-4-6-14(21-3)15(11)18/h4-6,12-13H,7-10H2,1-3H3,(H,19,20). The van der Waals surface area contributed by atoms with E-state index in [2.05, 4.69) is 13.8 Å². The van der Waals surface area contributed by atoms with Gasteiger partial charge in [-0.1, -0.05) is 26.0 Å². The van der Waals surface area contributed by atoms with Crippen LogP contribution in [0.1, 0.15) is 38.7 Å². The lowest BCUT2D eigenvalue weighted by molar-refractivity contribution is -0.146. The smallest absolute Gasteiger partial charge is 0.306 e. The number of benzene rings is 1. The van der Waals surface area contributed by atoms with Crippen LogP contribution in [0, 0.1) is 23.1 Å². The number of carboxylic acid groups (broad SMARTS) is 1. The number of hydrogen-bond acceptors (Lipinski definition) is 2. The van der Waals surface area contributed by atoms with Crippen molar-refractivity contribution in [3.63, 3.8) is 0 Å². The Balaban J connectivity index is 2.24. The Kier molecular flexibility index (Phi) is 4.55. The summed E-state index contributed by atoms with van der Waals surface area (Å²) in [6.07, 6.45) is 2.82. The van der Waals surface area contributed by atoms with Crippen molar-refractivity contribution in [2.75, 3.05) is 7.11 Å². The Bertz CT molecular complexity index is 525. The quantitative estimate of drug-likeness (QED) is 0.916. The molecule has 0 aromatic heterocycles. The van der Waals surface area contributed by atoms with E-state index in [0.29, 0.717) is 18.4 Å². The first-order valence-corrected chi connectivity index (χ1v) is 7.38. The van der Waals surface area contributed by atoms with Gasteiger partial charge in [0.2, 0.25) is 0 Å². The van der Waals surface area contributed by atoms with Gasteiger partial charge in [0, 0.05) is 0 Å². The average molecular weight is 294 g/mol. The minimum atomic E-state index is -0.765. The minimum Gasteiger partial charge on any atom is -0.494 e. The summed E-state index contributed by atoms with van der Waals surface area (Å²) in [4.78, 5) is 11.5. The van der Waals surface area contributed by atoms with Crippen molar-refractivity contribution in [3.8, 4) is 5.75 Å². The van der Waals surface area contributed by atoms with Crippen molar-refractivity contribution in [2.24, 2.45) is 17.3 Å². The van der Waals surface area contributed by atoms with Crippen molar-refractivity contribution < 1.29 is 19.0 Å². The predicted molar refractivity (Wildman–Crippen MR) is 78.9 cm³/mol. The van der Waals surface area contributed by atoms with E-state index in [-0.39, 0.29) is 28.8 Å². The molecule has 21 heavy (non-hydrogen) atoms. The van der Waals surface area contributed by atoms with Crippen molar-refractivity contribution in [2.45, 2.75) is 39.5 Å². The van der Waals surface area contributed by atoms with Crippen LogP contribution in [0.5, 0.6) is 5.75 Å². The second kappa shape index (κ2) is 6.04. The third-order valence-electron chi connectivity index (χ3n) is 4.58. The summed E-state index contributed by atoms with van der Waals surface area (Å²) in [5, 5.41) is 9.41. The van der Waals surface area contributed by atoms with Crippen LogP contribution in [0.3, 0.4) is 0 Å². The Hall–Kier alpha value is -1.58. The van der Waals surface area contributed by atoms with E-state index in [1.54, 1.807) is 18.2 Å². The first-order valence-electron chi connectivity index (χ1n) is 7.38. The second-order valence-electron chi connectivity index (χ2n) is 6.75. The highest BCUT2D eigenvalue weighted by Gasteiger charge is 2.38. The fourth-order valence-corrected chi connectivity index (χ4v) is 3.43. The summed E-state index contributed by atoms with van der Waals surface area (Å²) >= 11 is 0. The van der Waals surface area contributed by atoms with E-state index in [4.69, 9.17) is 4.74 Å². The highest BCUT2D eigenvalue weighted by atomic mass is 19.1. The van der Waals surface area contributed by atoms with Crippen LogP contribution in [0.25, 0.3) is 0 Å². The van der Waals surface area contributed by atoms with Gasteiger partial charge in [0.05, 0.1) is 13.0 Å². The summed E-state index contributed by atoms with van der Waals surface area (Å²) in [6, 6.07) is 5.05. The van der Waals surface area contributed by atoms with Crippen LogP contribution in [0.2, 0.25) is 0 Å². The Labute approximate surface area is 125 Å². The van der Waals surface area contributed by atoms with Crippen molar-refractivity contribution in [1.82, 2.24) is 0 Å². The Morgan fingerprint density at radius 2 is 2.19 bits per heavy atom. The number of methoxy groups -OCH3 is 1. The molecule has 4 heteroatoms. The van der Waals surface area contributed by atoms with E-state index >= 15 is 0 Å². The van der Waals surface area contributed by atoms with Gasteiger partial charge in [0.1, 0.15) is 0 Å². The van der Waals surface area contributed by atoms with Gasteiger partial charge in [0.25, 0.3) is 0 Å². The summed E-state index contributed by atoms with van der Waals surface area (Å²) in [6.45, 7) is 4.31. The lowest BCUT2D eigenvalue weighted by Gasteiger charge is -2.39. The number of carboxylic acids is 1. The van der Waals surface area contributed by atoms with Crippen LogP contribution in [-0.2, 0) is 11.2 Å². The number of carbonyl (C=O) groups is 1. The van der Waals surface area contributed by atoms with Crippen LogP contribution in [-0.4, -0.2) is 18.2 Å². The summed E-state index contributed by atoms with van der Waals surface area (Å²) in [7, 11) is 1.44. The number of ether oxygens (including phenoxy) is 1. The first kappa shape index (κ1) is 15.8. The molecule has 1 saturated carbocycles. The highest BCUT2D eigenvalue weighted by Crippen LogP contribution is 2.43. The van der Waals surface area contributed by atoms with Gasteiger partial charge in [-0.2, -0.15) is 0 Å². The molecule has 1 aromatic carbocycles. The molecule has 3 nitrogen and oxygen atoms in total. The molecule has 0 amide bonds. The van der Waals surface area contributed by atoms with Crippen LogP contribution in [0.15, 0.2) is 18.2 Å². The Morgan fingerprint density at radius 3 is 2.81 bits per heavy atom. The predicted octanol–water partition coefficient (Wildman–Crippen LogP) is 3.90. The van der Waals surface area contributed by atoms with Crippen molar-refractivity contribution >= 4 is 5.97 Å². The first-order chi connectivity index (χ1) is 9.84. The number of aliphatic carboxylic acids is 1. The highest BCUT2D eigenvalue weighted by molar-refractivity contribution is 5.70. The molecule has 1 aliphatic rings. The van der Waals surface area contributed by atoms with Crippen LogP contribution >= 0.6 is 0 Å². The third kappa shape index (κ3) is 3.55. The van der Waals surface area contributed by atoms with Gasteiger partial charge in [-0.3, -0.25) is 4.79 Å². The number of rotatable bonds is 4. The minimum absolute atomic E-state index is 0.0344. The molecule has 0 heterocycles. The molecule has 0 radical (unpaired) electrons. The molecule has 0 aliphatic heterocycles. The third-order valence-corrected chi connectivity index (χ3v) is 4.58. The van der Waals surface area contributed by atoms with Crippen molar-refractivity contribution in [1.29, 1.82) is 0 Å². The van der Waals surface area contributed by atoms with Crippen LogP contribution in [0.4, 0.5) is 4.39 Å². The van der Waals surface area contributed by atoms with E-state index < -0.39 is 5.97 Å². The molecule has 2 unspecified atom stereocenters. The van der Waals surface area contributed by atoms with E-state index in [1.807, 2.05) is 0 Å². The van der Waals surface area contributed by atoms with Gasteiger partial charge >= 0.3 is 5.97 Å². The molecule has 1 N–H and O–H groups in total. The van der Waals surface area contributed by atoms with Gasteiger partial charge in [-0.05, 0) is 48.6 Å². The maximum absolute atomic E-state index is 14.3. The van der Waals surface area contributed by atoms with Gasteiger partial charge in [-0.25, -0.2) is 4.39 Å². The van der Waals surface area contributed by atoms with Gasteiger partial charge in [-0.15, -0.1) is 0 Å². The number of hydrogen-bond donors (Lipinski definition) is 1. The number of halogens is 1.